The van der Waals surface area contributed by atoms with Crippen molar-refractivity contribution in [2.75, 3.05) is 13.1 Å². The number of hydrogen-bond donors (Lipinski definition) is 1. The fourth-order valence-corrected chi connectivity index (χ4v) is 3.47. The van der Waals surface area contributed by atoms with Gasteiger partial charge in [-0.3, -0.25) is 19.3 Å². The van der Waals surface area contributed by atoms with Crippen LogP contribution in [-0.2, 0) is 4.79 Å². The first-order chi connectivity index (χ1) is 12.5. The summed E-state index contributed by atoms with van der Waals surface area (Å²) >= 11 is 12.7. The van der Waals surface area contributed by atoms with E-state index < -0.39 is 17.1 Å². The number of thioether (sulfide) groups is 1. The molecule has 134 valence electrons. The molecule has 1 aliphatic rings. The van der Waals surface area contributed by atoms with Crippen molar-refractivity contribution in [1.82, 2.24) is 15.4 Å². The Morgan fingerprint density at radius 1 is 1.31 bits per heavy atom. The number of rotatable bonds is 5. The predicted molar refractivity (Wildman–Crippen MR) is 98.0 cm³/mol. The molecule has 1 N–H and O–H groups in total. The molecule has 3 rings (SSSR count). The summed E-state index contributed by atoms with van der Waals surface area (Å²) in [5.74, 6) is -0.893. The van der Waals surface area contributed by atoms with Gasteiger partial charge in [-0.2, -0.15) is 0 Å². The summed E-state index contributed by atoms with van der Waals surface area (Å²) in [7, 11) is 0. The first kappa shape index (κ1) is 18.5. The molecule has 2 aromatic rings. The van der Waals surface area contributed by atoms with Crippen LogP contribution in [0, 0.1) is 0 Å². The van der Waals surface area contributed by atoms with Gasteiger partial charge >= 0.3 is 0 Å². The van der Waals surface area contributed by atoms with Crippen LogP contribution in [-0.4, -0.2) is 40.2 Å². The summed E-state index contributed by atoms with van der Waals surface area (Å²) in [4.78, 5) is 37.5. The van der Waals surface area contributed by atoms with Crippen LogP contribution < -0.4 is 5.32 Å². The first-order valence-corrected chi connectivity index (χ1v) is 8.92. The van der Waals surface area contributed by atoms with Crippen LogP contribution in [0.4, 0.5) is 4.79 Å². The Morgan fingerprint density at radius 2 is 2.12 bits per heavy atom. The van der Waals surface area contributed by atoms with Crippen LogP contribution in [0.2, 0.25) is 10.0 Å². The number of nitrogens with one attached hydrogen (secondary N) is 1. The lowest BCUT2D eigenvalue weighted by Gasteiger charge is -2.12. The van der Waals surface area contributed by atoms with Gasteiger partial charge in [-0.05, 0) is 35.5 Å². The number of carbonyl (C=O) groups excluding carboxylic acids is 3. The number of nitrogens with zero attached hydrogens (tertiary/aromatic N) is 2. The van der Waals surface area contributed by atoms with E-state index in [0.717, 1.165) is 16.7 Å². The number of halogens is 2. The van der Waals surface area contributed by atoms with Gasteiger partial charge in [0.05, 0.1) is 4.91 Å². The van der Waals surface area contributed by atoms with Crippen LogP contribution in [0.5, 0.6) is 0 Å². The molecule has 0 spiro atoms. The maximum atomic E-state index is 12.4. The summed E-state index contributed by atoms with van der Waals surface area (Å²) in [5.41, 5.74) is 0.706. The van der Waals surface area contributed by atoms with Gasteiger partial charge < -0.3 is 9.84 Å². The van der Waals surface area contributed by atoms with E-state index in [0.29, 0.717) is 15.6 Å². The van der Waals surface area contributed by atoms with Crippen molar-refractivity contribution in [3.05, 3.63) is 56.7 Å². The monoisotopic (exact) mass is 411 g/mol. The standard InChI is InChI=1S/C16H11Cl2N3O4S/c17-10-2-1-9(11(18)8-10)7-13-15(23)21(16(24)26-13)5-4-19-14(22)12-3-6-25-20-12/h1-3,6-8H,4-5H2,(H,19,22)/b13-7-. The summed E-state index contributed by atoms with van der Waals surface area (Å²) in [6.07, 6.45) is 2.82. The van der Waals surface area contributed by atoms with Crippen molar-refractivity contribution in [1.29, 1.82) is 0 Å². The second-order valence-electron chi connectivity index (χ2n) is 5.14. The second-order valence-corrected chi connectivity index (χ2v) is 6.98. The average molecular weight is 412 g/mol. The predicted octanol–water partition coefficient (Wildman–Crippen LogP) is 3.45. The zero-order valence-corrected chi connectivity index (χ0v) is 15.4. The smallest absolute Gasteiger partial charge is 0.293 e. The first-order valence-electron chi connectivity index (χ1n) is 7.34. The van der Waals surface area contributed by atoms with Gasteiger partial charge in [0.25, 0.3) is 17.1 Å². The minimum absolute atomic E-state index is 0.0416. The van der Waals surface area contributed by atoms with Crippen LogP contribution in [0.3, 0.4) is 0 Å². The molecule has 10 heteroatoms. The third-order valence-corrected chi connectivity index (χ3v) is 4.88. The Morgan fingerprint density at radius 3 is 2.81 bits per heavy atom. The number of hydrogen-bond acceptors (Lipinski definition) is 6. The molecule has 1 saturated heterocycles. The Labute approximate surface area is 162 Å². The number of carbonyl (C=O) groups is 3. The lowest BCUT2D eigenvalue weighted by molar-refractivity contribution is -0.122. The van der Waals surface area contributed by atoms with Crippen LogP contribution in [0.15, 0.2) is 40.0 Å². The lowest BCUT2D eigenvalue weighted by atomic mass is 10.2. The van der Waals surface area contributed by atoms with Gasteiger partial charge in [0, 0.05) is 29.2 Å². The normalized spacial score (nSPS) is 15.8. The highest BCUT2D eigenvalue weighted by Gasteiger charge is 2.34. The molecule has 0 unspecified atom stereocenters. The average Bonchev–Trinajstić information content (AvgIpc) is 3.21. The minimum Gasteiger partial charge on any atom is -0.364 e. The van der Waals surface area contributed by atoms with Gasteiger partial charge in [-0.1, -0.05) is 34.4 Å². The van der Waals surface area contributed by atoms with E-state index in [9.17, 15) is 14.4 Å². The van der Waals surface area contributed by atoms with Crippen molar-refractivity contribution in [2.24, 2.45) is 0 Å². The van der Waals surface area contributed by atoms with Gasteiger partial charge in [0.1, 0.15) is 6.26 Å². The molecule has 26 heavy (non-hydrogen) atoms. The van der Waals surface area contributed by atoms with Gasteiger partial charge in [0.15, 0.2) is 5.69 Å². The van der Waals surface area contributed by atoms with Crippen LogP contribution >= 0.6 is 35.0 Å². The molecule has 1 fully saturated rings. The van der Waals surface area contributed by atoms with Crippen molar-refractivity contribution in [2.45, 2.75) is 0 Å². The largest absolute Gasteiger partial charge is 0.364 e. The maximum Gasteiger partial charge on any atom is 0.293 e. The van der Waals surface area contributed by atoms with E-state index in [1.807, 2.05) is 0 Å². The molecular formula is C16H11Cl2N3O4S. The van der Waals surface area contributed by atoms with E-state index in [4.69, 9.17) is 23.2 Å². The lowest BCUT2D eigenvalue weighted by Crippen LogP contribution is -2.37. The molecule has 1 aliphatic heterocycles. The fraction of sp³-hybridized carbons (Fsp3) is 0.125. The van der Waals surface area contributed by atoms with E-state index in [-0.39, 0.29) is 23.7 Å². The Bertz CT molecular complexity index is 899. The van der Waals surface area contributed by atoms with Gasteiger partial charge in [-0.15, -0.1) is 0 Å². The zero-order valence-electron chi connectivity index (χ0n) is 13.1. The molecule has 1 aromatic carbocycles. The number of aromatic nitrogens is 1. The van der Waals surface area contributed by atoms with Crippen molar-refractivity contribution in [3.63, 3.8) is 0 Å². The molecule has 7 nitrogen and oxygen atoms in total. The maximum absolute atomic E-state index is 12.4. The topological polar surface area (TPSA) is 92.5 Å². The Balaban J connectivity index is 1.63. The van der Waals surface area contributed by atoms with Crippen LogP contribution in [0.25, 0.3) is 6.08 Å². The highest BCUT2D eigenvalue weighted by atomic mass is 35.5. The van der Waals surface area contributed by atoms with Gasteiger partial charge in [0.2, 0.25) is 0 Å². The molecule has 0 radical (unpaired) electrons. The highest BCUT2D eigenvalue weighted by molar-refractivity contribution is 8.18. The molecular weight excluding hydrogens is 401 g/mol. The number of imide groups is 1. The molecule has 0 saturated carbocycles. The SMILES string of the molecule is O=C(NCCN1C(=O)S/C(=C\c2ccc(Cl)cc2Cl)C1=O)c1ccon1. The van der Waals surface area contributed by atoms with Gasteiger partial charge in [-0.25, -0.2) is 0 Å². The van der Waals surface area contributed by atoms with Crippen LogP contribution in [0.1, 0.15) is 16.1 Å². The number of amides is 3. The van der Waals surface area contributed by atoms with Crippen molar-refractivity contribution < 1.29 is 18.9 Å². The third kappa shape index (κ3) is 4.09. The fourth-order valence-electron chi connectivity index (χ4n) is 2.15. The number of benzene rings is 1. The summed E-state index contributed by atoms with van der Waals surface area (Å²) in [5, 5.41) is 6.50. The van der Waals surface area contributed by atoms with E-state index in [1.165, 1.54) is 18.4 Å². The zero-order chi connectivity index (χ0) is 18.7. The van der Waals surface area contributed by atoms with Crippen molar-refractivity contribution in [3.8, 4) is 0 Å². The minimum atomic E-state index is -0.450. The summed E-state index contributed by atoms with van der Waals surface area (Å²) in [6, 6.07) is 6.27. The van der Waals surface area contributed by atoms with E-state index >= 15 is 0 Å². The third-order valence-electron chi connectivity index (χ3n) is 3.41. The molecule has 0 aliphatic carbocycles. The van der Waals surface area contributed by atoms with E-state index in [2.05, 4.69) is 15.0 Å². The quantitative estimate of drug-likeness (QED) is 0.757. The molecule has 2 heterocycles. The summed E-state index contributed by atoms with van der Waals surface area (Å²) in [6.45, 7) is 0.138. The molecule has 0 bridgehead atoms. The molecule has 0 atom stereocenters. The Hall–Kier alpha value is -2.29. The molecule has 3 amide bonds. The summed E-state index contributed by atoms with van der Waals surface area (Å²) < 4.78 is 4.58. The van der Waals surface area contributed by atoms with Crippen molar-refractivity contribution >= 4 is 58.1 Å². The van der Waals surface area contributed by atoms with E-state index in [1.54, 1.807) is 18.2 Å². The Kier molecular flexibility index (Phi) is 5.65. The highest BCUT2D eigenvalue weighted by Crippen LogP contribution is 2.33. The molecule has 1 aromatic heterocycles. The second kappa shape index (κ2) is 7.94.